The second-order valence-corrected chi connectivity index (χ2v) is 8.71. The van der Waals surface area contributed by atoms with Gasteiger partial charge in [-0.25, -0.2) is 15.0 Å². The zero-order chi connectivity index (χ0) is 26.9. The van der Waals surface area contributed by atoms with Crippen LogP contribution >= 0.6 is 0 Å². The van der Waals surface area contributed by atoms with Gasteiger partial charge in [0.1, 0.15) is 5.82 Å². The number of morpholine rings is 1. The molecule has 3 N–H and O–H groups in total. The summed E-state index contributed by atoms with van der Waals surface area (Å²) in [5, 5.41) is 2.79. The molecular formula is C28H36N8O2. The highest BCUT2D eigenvalue weighted by Crippen LogP contribution is 2.29. The van der Waals surface area contributed by atoms with Gasteiger partial charge in [0.05, 0.1) is 18.9 Å². The zero-order valence-corrected chi connectivity index (χ0v) is 22.1. The highest BCUT2D eigenvalue weighted by Gasteiger charge is 2.21. The Balaban J connectivity index is 0.00000164. The first-order chi connectivity index (χ1) is 18.6. The number of ether oxygens (including phenoxy) is 1. The largest absolute Gasteiger partial charge is 0.378 e. The number of amides is 1. The van der Waals surface area contributed by atoms with Crippen LogP contribution in [0, 0.1) is 0 Å². The predicted octanol–water partition coefficient (Wildman–Crippen LogP) is 3.43. The Bertz CT molecular complexity index is 1200. The second kappa shape index (κ2) is 12.9. The SMILES string of the molecule is C=CC(=O)Nc1ccc(N2CCN(c3cc(-c4cnc(N)nc4)nc(N4CCOCC4)c3)CC2)cc1.CC. The molecule has 0 spiro atoms. The van der Waals surface area contributed by atoms with Crippen molar-refractivity contribution in [2.75, 3.05) is 78.2 Å². The van der Waals surface area contributed by atoms with Crippen molar-refractivity contribution in [1.82, 2.24) is 15.0 Å². The van der Waals surface area contributed by atoms with Gasteiger partial charge in [0.15, 0.2) is 0 Å². The van der Waals surface area contributed by atoms with E-state index in [2.05, 4.69) is 48.7 Å². The van der Waals surface area contributed by atoms with E-state index in [4.69, 9.17) is 15.5 Å². The lowest BCUT2D eigenvalue weighted by Gasteiger charge is -2.38. The Morgan fingerprint density at radius 3 is 2.13 bits per heavy atom. The molecule has 1 amide bonds. The van der Waals surface area contributed by atoms with Gasteiger partial charge >= 0.3 is 0 Å². The molecule has 200 valence electrons. The summed E-state index contributed by atoms with van der Waals surface area (Å²) in [6, 6.07) is 12.2. The molecule has 2 aliphatic heterocycles. The van der Waals surface area contributed by atoms with Gasteiger partial charge in [0.2, 0.25) is 11.9 Å². The quantitative estimate of drug-likeness (QED) is 0.476. The Morgan fingerprint density at radius 2 is 1.53 bits per heavy atom. The maximum absolute atomic E-state index is 11.5. The molecule has 2 aliphatic rings. The Labute approximate surface area is 224 Å². The molecule has 3 aromatic rings. The van der Waals surface area contributed by atoms with Gasteiger partial charge in [-0.05, 0) is 36.4 Å². The van der Waals surface area contributed by atoms with E-state index in [9.17, 15) is 4.79 Å². The number of carbonyl (C=O) groups is 1. The highest BCUT2D eigenvalue weighted by atomic mass is 16.5. The summed E-state index contributed by atoms with van der Waals surface area (Å²) in [5.41, 5.74) is 10.4. The number of benzene rings is 1. The number of hydrogen-bond acceptors (Lipinski definition) is 9. The number of pyridine rings is 1. The molecule has 4 heterocycles. The third-order valence-corrected chi connectivity index (χ3v) is 6.43. The molecular weight excluding hydrogens is 480 g/mol. The lowest BCUT2D eigenvalue weighted by Crippen LogP contribution is -2.46. The summed E-state index contributed by atoms with van der Waals surface area (Å²) >= 11 is 0. The fourth-order valence-corrected chi connectivity index (χ4v) is 4.43. The van der Waals surface area contributed by atoms with Crippen LogP contribution in [0.25, 0.3) is 11.3 Å². The number of rotatable bonds is 6. The summed E-state index contributed by atoms with van der Waals surface area (Å²) in [6.45, 7) is 14.0. The van der Waals surface area contributed by atoms with Crippen molar-refractivity contribution >= 4 is 34.7 Å². The number of aromatic nitrogens is 3. The van der Waals surface area contributed by atoms with Crippen molar-refractivity contribution in [3.8, 4) is 11.3 Å². The number of anilines is 5. The van der Waals surface area contributed by atoms with E-state index in [-0.39, 0.29) is 11.9 Å². The minimum atomic E-state index is -0.213. The molecule has 0 atom stereocenters. The summed E-state index contributed by atoms with van der Waals surface area (Å²) in [7, 11) is 0. The number of nitrogens with one attached hydrogen (secondary N) is 1. The lowest BCUT2D eigenvalue weighted by molar-refractivity contribution is -0.111. The number of nitrogens with two attached hydrogens (primary N) is 1. The topological polar surface area (TPSA) is 113 Å². The van der Waals surface area contributed by atoms with Crippen LogP contribution in [-0.2, 0) is 9.53 Å². The van der Waals surface area contributed by atoms with Crippen molar-refractivity contribution in [2.45, 2.75) is 13.8 Å². The van der Waals surface area contributed by atoms with Crippen molar-refractivity contribution in [3.05, 3.63) is 61.4 Å². The van der Waals surface area contributed by atoms with Gasteiger partial charge in [-0.1, -0.05) is 20.4 Å². The number of nitrogen functional groups attached to an aromatic ring is 1. The van der Waals surface area contributed by atoms with Gasteiger partial charge in [-0.3, -0.25) is 4.79 Å². The first kappa shape index (κ1) is 26.9. The third kappa shape index (κ3) is 6.57. The fourth-order valence-electron chi connectivity index (χ4n) is 4.43. The van der Waals surface area contributed by atoms with Crippen LogP contribution in [0.3, 0.4) is 0 Å². The van der Waals surface area contributed by atoms with E-state index in [1.807, 2.05) is 38.1 Å². The van der Waals surface area contributed by atoms with Gasteiger partial charge in [0, 0.05) is 80.4 Å². The van der Waals surface area contributed by atoms with Crippen LogP contribution in [0.15, 0.2) is 61.4 Å². The molecule has 0 bridgehead atoms. The van der Waals surface area contributed by atoms with Gasteiger partial charge in [-0.15, -0.1) is 0 Å². The van der Waals surface area contributed by atoms with Crippen LogP contribution in [0.4, 0.5) is 28.8 Å². The molecule has 1 aromatic carbocycles. The lowest BCUT2D eigenvalue weighted by atomic mass is 10.1. The predicted molar refractivity (Wildman–Crippen MR) is 154 cm³/mol. The van der Waals surface area contributed by atoms with E-state index < -0.39 is 0 Å². The van der Waals surface area contributed by atoms with E-state index in [1.165, 1.54) is 6.08 Å². The molecule has 5 rings (SSSR count). The minimum Gasteiger partial charge on any atom is -0.378 e. The molecule has 10 nitrogen and oxygen atoms in total. The average molecular weight is 517 g/mol. The molecule has 38 heavy (non-hydrogen) atoms. The summed E-state index contributed by atoms with van der Waals surface area (Å²) in [4.78, 5) is 31.8. The Morgan fingerprint density at radius 1 is 0.921 bits per heavy atom. The monoisotopic (exact) mass is 516 g/mol. The zero-order valence-electron chi connectivity index (χ0n) is 22.1. The summed E-state index contributed by atoms with van der Waals surface area (Å²) in [5.74, 6) is 0.966. The highest BCUT2D eigenvalue weighted by molar-refractivity contribution is 5.98. The number of carbonyl (C=O) groups excluding carboxylic acids is 1. The maximum atomic E-state index is 11.5. The average Bonchev–Trinajstić information content (AvgIpc) is 2.99. The van der Waals surface area contributed by atoms with Gasteiger partial charge in [-0.2, -0.15) is 0 Å². The summed E-state index contributed by atoms with van der Waals surface area (Å²) < 4.78 is 5.54. The third-order valence-electron chi connectivity index (χ3n) is 6.43. The molecule has 10 heteroatoms. The number of nitrogens with zero attached hydrogens (tertiary/aromatic N) is 6. The van der Waals surface area contributed by atoms with Crippen LogP contribution in [0.2, 0.25) is 0 Å². The molecule has 2 saturated heterocycles. The Hall–Kier alpha value is -4.18. The number of hydrogen-bond donors (Lipinski definition) is 2. The second-order valence-electron chi connectivity index (χ2n) is 8.71. The van der Waals surface area contributed by atoms with Crippen molar-refractivity contribution < 1.29 is 9.53 Å². The summed E-state index contributed by atoms with van der Waals surface area (Å²) in [6.07, 6.45) is 4.70. The van der Waals surface area contributed by atoms with E-state index in [0.717, 1.165) is 73.4 Å². The molecule has 0 radical (unpaired) electrons. The first-order valence-corrected chi connectivity index (χ1v) is 13.0. The fraction of sp³-hybridized carbons (Fsp3) is 0.357. The number of piperazine rings is 1. The molecule has 2 aromatic heterocycles. The van der Waals surface area contributed by atoms with Crippen molar-refractivity contribution in [1.29, 1.82) is 0 Å². The van der Waals surface area contributed by atoms with Crippen LogP contribution in [-0.4, -0.2) is 73.3 Å². The van der Waals surface area contributed by atoms with Gasteiger partial charge < -0.3 is 30.5 Å². The molecule has 0 saturated carbocycles. The van der Waals surface area contributed by atoms with Crippen LogP contribution in [0.1, 0.15) is 13.8 Å². The van der Waals surface area contributed by atoms with Crippen molar-refractivity contribution in [3.63, 3.8) is 0 Å². The Kier molecular flexibility index (Phi) is 9.10. The van der Waals surface area contributed by atoms with E-state index >= 15 is 0 Å². The first-order valence-electron chi connectivity index (χ1n) is 13.0. The molecule has 2 fully saturated rings. The van der Waals surface area contributed by atoms with Gasteiger partial charge in [0.25, 0.3) is 0 Å². The maximum Gasteiger partial charge on any atom is 0.247 e. The smallest absolute Gasteiger partial charge is 0.247 e. The van der Waals surface area contributed by atoms with E-state index in [0.29, 0.717) is 13.2 Å². The van der Waals surface area contributed by atoms with Crippen LogP contribution in [0.5, 0.6) is 0 Å². The standard InChI is InChI=1S/C26H30N8O2.C2H6/c1-2-25(35)30-20-3-5-21(6-4-20)32-7-9-33(10-8-32)22-15-23(19-17-28-26(27)29-18-19)31-24(16-22)34-11-13-36-14-12-34;1-2/h2-6,15-18H,1,7-14H2,(H,30,35)(H2,27,28,29);1-2H3. The van der Waals surface area contributed by atoms with E-state index in [1.54, 1.807) is 12.4 Å². The molecule has 0 unspecified atom stereocenters. The minimum absolute atomic E-state index is 0.213. The van der Waals surface area contributed by atoms with Crippen molar-refractivity contribution in [2.24, 2.45) is 0 Å². The molecule has 0 aliphatic carbocycles. The van der Waals surface area contributed by atoms with Crippen LogP contribution < -0.4 is 25.8 Å². The normalized spacial score (nSPS) is 15.4.